The standard InChI is InChI=1S/C19H23N3O4/c1-5-17(2,3)18-10-14(23)16(25)21-11-15(24)20-19(18,21)22(26-4)13-9-7-6-8-12(13)18/h5-9,14,23H,1,10-11H2,2-4H3,(H,20,24)/t14-,18+,19+/m1/s1. The number of hydrogen-bond donors (Lipinski definition) is 2. The minimum absolute atomic E-state index is 0.126. The smallest absolute Gasteiger partial charge is 0.255 e. The third kappa shape index (κ3) is 1.61. The topological polar surface area (TPSA) is 82.1 Å². The number of allylic oxidation sites excluding steroid dienone is 1. The van der Waals surface area contributed by atoms with Gasteiger partial charge >= 0.3 is 0 Å². The average Bonchev–Trinajstić information content (AvgIpc) is 3.08. The lowest BCUT2D eigenvalue weighted by molar-refractivity contribution is -0.174. The van der Waals surface area contributed by atoms with Gasteiger partial charge in [-0.15, -0.1) is 6.58 Å². The predicted octanol–water partition coefficient (Wildman–Crippen LogP) is 0.895. The van der Waals surface area contributed by atoms with Crippen LogP contribution in [0.5, 0.6) is 0 Å². The number of aliphatic hydroxyl groups excluding tert-OH is 1. The molecule has 7 nitrogen and oxygen atoms in total. The summed E-state index contributed by atoms with van der Waals surface area (Å²) in [5, 5.41) is 15.3. The summed E-state index contributed by atoms with van der Waals surface area (Å²) in [4.78, 5) is 32.4. The highest BCUT2D eigenvalue weighted by Crippen LogP contribution is 2.64. The molecule has 1 spiro atoms. The van der Waals surface area contributed by atoms with Crippen LogP contribution < -0.4 is 10.4 Å². The molecule has 0 aromatic heterocycles. The monoisotopic (exact) mass is 357 g/mol. The highest BCUT2D eigenvalue weighted by Gasteiger charge is 2.77. The number of anilines is 1. The SMILES string of the molecule is C=CC(C)(C)[C@@]12C[C@@H](O)C(=O)N3CC(=O)N[C@]31N(OC)c1ccccc12. The van der Waals surface area contributed by atoms with E-state index >= 15 is 0 Å². The van der Waals surface area contributed by atoms with Gasteiger partial charge in [-0.2, -0.15) is 0 Å². The summed E-state index contributed by atoms with van der Waals surface area (Å²) in [6.45, 7) is 7.88. The van der Waals surface area contributed by atoms with E-state index in [1.807, 2.05) is 44.2 Å². The minimum atomic E-state index is -1.25. The van der Waals surface area contributed by atoms with E-state index in [1.54, 1.807) is 5.06 Å². The molecule has 2 saturated heterocycles. The van der Waals surface area contributed by atoms with Crippen LogP contribution in [-0.2, 0) is 19.8 Å². The molecule has 3 atom stereocenters. The zero-order valence-electron chi connectivity index (χ0n) is 15.2. The Kier molecular flexibility index (Phi) is 3.33. The Bertz CT molecular complexity index is 823. The van der Waals surface area contributed by atoms with Crippen molar-refractivity contribution in [1.82, 2.24) is 10.2 Å². The summed E-state index contributed by atoms with van der Waals surface area (Å²) < 4.78 is 0. The van der Waals surface area contributed by atoms with Gasteiger partial charge in [0.1, 0.15) is 12.6 Å². The summed E-state index contributed by atoms with van der Waals surface area (Å²) >= 11 is 0. The van der Waals surface area contributed by atoms with E-state index in [0.29, 0.717) is 0 Å². The van der Waals surface area contributed by atoms with Gasteiger partial charge in [0.2, 0.25) is 11.7 Å². The van der Waals surface area contributed by atoms with Gasteiger partial charge in [0.25, 0.3) is 5.91 Å². The maximum Gasteiger partial charge on any atom is 0.255 e. The first-order valence-corrected chi connectivity index (χ1v) is 8.65. The molecule has 7 heteroatoms. The molecule has 2 amide bonds. The van der Waals surface area contributed by atoms with Crippen LogP contribution in [0.3, 0.4) is 0 Å². The number of benzene rings is 1. The molecule has 1 aromatic rings. The van der Waals surface area contributed by atoms with Crippen molar-refractivity contribution in [3.8, 4) is 0 Å². The molecule has 4 rings (SSSR count). The molecular formula is C19H23N3O4. The molecule has 0 radical (unpaired) electrons. The normalized spacial score (nSPS) is 32.8. The Hall–Kier alpha value is -2.38. The van der Waals surface area contributed by atoms with Crippen LogP contribution >= 0.6 is 0 Å². The van der Waals surface area contributed by atoms with E-state index in [-0.39, 0.29) is 18.9 Å². The lowest BCUT2D eigenvalue weighted by Gasteiger charge is -2.59. The fraction of sp³-hybridized carbons (Fsp3) is 0.474. The van der Waals surface area contributed by atoms with Crippen molar-refractivity contribution < 1.29 is 19.5 Å². The minimum Gasteiger partial charge on any atom is -0.383 e. The number of aliphatic hydroxyl groups is 1. The first-order valence-electron chi connectivity index (χ1n) is 8.65. The first-order chi connectivity index (χ1) is 12.3. The lowest BCUT2D eigenvalue weighted by Crippen LogP contribution is -2.79. The second-order valence-corrected chi connectivity index (χ2v) is 7.69. The second-order valence-electron chi connectivity index (χ2n) is 7.69. The number of piperidine rings is 1. The molecule has 1 aromatic carbocycles. The number of carbonyl (C=O) groups excluding carboxylic acids is 2. The van der Waals surface area contributed by atoms with E-state index in [4.69, 9.17) is 4.84 Å². The number of nitrogens with one attached hydrogen (secondary N) is 1. The Morgan fingerprint density at radius 3 is 2.73 bits per heavy atom. The van der Waals surface area contributed by atoms with Gasteiger partial charge in [-0.05, 0) is 23.5 Å². The van der Waals surface area contributed by atoms with E-state index in [9.17, 15) is 14.7 Å². The highest BCUT2D eigenvalue weighted by molar-refractivity contribution is 5.95. The third-order valence-electron chi connectivity index (χ3n) is 6.32. The molecule has 3 aliphatic heterocycles. The summed E-state index contributed by atoms with van der Waals surface area (Å²) in [7, 11) is 1.51. The van der Waals surface area contributed by atoms with Crippen molar-refractivity contribution in [2.24, 2.45) is 5.41 Å². The van der Waals surface area contributed by atoms with Crippen LogP contribution in [0.2, 0.25) is 0 Å². The number of rotatable bonds is 3. The summed E-state index contributed by atoms with van der Waals surface area (Å²) in [5.74, 6) is -2.02. The number of para-hydroxylation sites is 1. The zero-order chi connectivity index (χ0) is 18.9. The van der Waals surface area contributed by atoms with Gasteiger partial charge in [-0.25, -0.2) is 5.06 Å². The molecule has 0 aliphatic carbocycles. The molecule has 0 unspecified atom stereocenters. The van der Waals surface area contributed by atoms with Crippen LogP contribution in [0.25, 0.3) is 0 Å². The second kappa shape index (κ2) is 5.08. The molecule has 2 fully saturated rings. The molecular weight excluding hydrogens is 334 g/mol. The van der Waals surface area contributed by atoms with Crippen molar-refractivity contribution in [2.45, 2.75) is 37.6 Å². The largest absolute Gasteiger partial charge is 0.383 e. The van der Waals surface area contributed by atoms with Crippen LogP contribution in [0.1, 0.15) is 25.8 Å². The van der Waals surface area contributed by atoms with E-state index in [1.165, 1.54) is 12.0 Å². The summed E-state index contributed by atoms with van der Waals surface area (Å²) in [6, 6.07) is 7.65. The Morgan fingerprint density at radius 1 is 1.38 bits per heavy atom. The highest BCUT2D eigenvalue weighted by atomic mass is 16.7. The lowest BCUT2D eigenvalue weighted by atomic mass is 9.55. The van der Waals surface area contributed by atoms with E-state index < -0.39 is 28.6 Å². The number of fused-ring (bicyclic) bond motifs is 2. The van der Waals surface area contributed by atoms with Crippen molar-refractivity contribution in [3.63, 3.8) is 0 Å². The molecule has 2 N–H and O–H groups in total. The average molecular weight is 357 g/mol. The molecule has 0 bridgehead atoms. The van der Waals surface area contributed by atoms with Crippen molar-refractivity contribution in [3.05, 3.63) is 42.5 Å². The maximum absolute atomic E-state index is 12.8. The quantitative estimate of drug-likeness (QED) is 0.786. The van der Waals surface area contributed by atoms with Gasteiger partial charge < -0.3 is 10.4 Å². The van der Waals surface area contributed by atoms with E-state index in [0.717, 1.165) is 11.3 Å². The summed E-state index contributed by atoms with van der Waals surface area (Å²) in [6.07, 6.45) is 0.758. The molecule has 26 heavy (non-hydrogen) atoms. The van der Waals surface area contributed by atoms with Gasteiger partial charge in [0.15, 0.2) is 0 Å². The third-order valence-corrected chi connectivity index (χ3v) is 6.32. The van der Waals surface area contributed by atoms with Crippen molar-refractivity contribution in [1.29, 1.82) is 0 Å². The molecule has 0 saturated carbocycles. The Balaban J connectivity index is 2.13. The summed E-state index contributed by atoms with van der Waals surface area (Å²) in [5.41, 5.74) is 0.256. The van der Waals surface area contributed by atoms with Crippen LogP contribution in [0.15, 0.2) is 36.9 Å². The number of carbonyl (C=O) groups is 2. The van der Waals surface area contributed by atoms with E-state index in [2.05, 4.69) is 11.9 Å². The van der Waals surface area contributed by atoms with Gasteiger partial charge in [0, 0.05) is 0 Å². The zero-order valence-corrected chi connectivity index (χ0v) is 15.2. The number of hydrogen-bond acceptors (Lipinski definition) is 5. The molecule has 138 valence electrons. The first kappa shape index (κ1) is 17.1. The molecule has 3 aliphatic rings. The Morgan fingerprint density at radius 2 is 2.08 bits per heavy atom. The van der Waals surface area contributed by atoms with Crippen molar-refractivity contribution in [2.75, 3.05) is 18.7 Å². The number of amides is 2. The van der Waals surface area contributed by atoms with Crippen molar-refractivity contribution >= 4 is 17.5 Å². The molecule has 3 heterocycles. The van der Waals surface area contributed by atoms with Gasteiger partial charge in [0.05, 0.1) is 18.2 Å². The van der Waals surface area contributed by atoms with Crippen LogP contribution in [-0.4, -0.2) is 47.4 Å². The van der Waals surface area contributed by atoms with Gasteiger partial charge in [-0.3, -0.25) is 19.3 Å². The fourth-order valence-corrected chi connectivity index (χ4v) is 5.11. The number of hydroxylamine groups is 1. The van der Waals surface area contributed by atoms with Gasteiger partial charge in [-0.1, -0.05) is 38.1 Å². The van der Waals surface area contributed by atoms with Crippen LogP contribution in [0, 0.1) is 5.41 Å². The Labute approximate surface area is 152 Å². The number of nitrogens with zero attached hydrogens (tertiary/aromatic N) is 2. The maximum atomic E-state index is 12.8. The predicted molar refractivity (Wildman–Crippen MR) is 94.8 cm³/mol. The van der Waals surface area contributed by atoms with Crippen LogP contribution in [0.4, 0.5) is 5.69 Å². The fourth-order valence-electron chi connectivity index (χ4n) is 5.11.